The molecule has 0 aliphatic carbocycles. The van der Waals surface area contributed by atoms with Crippen LogP contribution in [0, 0.1) is 0 Å². The third kappa shape index (κ3) is 44.9. The molecule has 0 spiro atoms. The third-order valence-electron chi connectivity index (χ3n) is 10.8. The summed E-state index contributed by atoms with van der Waals surface area (Å²) < 4.78 is 5.84. The van der Waals surface area contributed by atoms with Gasteiger partial charge in [-0.2, -0.15) is 0 Å². The Hall–Kier alpha value is -3.48. The molecule has 0 rings (SSSR count). The van der Waals surface area contributed by atoms with Gasteiger partial charge in [-0.1, -0.05) is 220 Å². The largest absolute Gasteiger partial charge is 0.461 e. The minimum Gasteiger partial charge on any atom is -0.461 e. The number of unbranched alkanes of at least 4 members (excludes halogenated alkanes) is 15. The number of carbonyl (C=O) groups excluding carboxylic acids is 2. The Labute approximate surface area is 388 Å². The molecule has 0 aliphatic rings. The van der Waals surface area contributed by atoms with E-state index in [1.165, 1.54) is 83.5 Å². The van der Waals surface area contributed by atoms with E-state index in [0.717, 1.165) is 77.0 Å². The molecule has 0 saturated carbocycles. The predicted molar refractivity (Wildman–Crippen MR) is 273 cm³/mol. The molecule has 6 heteroatoms. The number of allylic oxidation sites excluding steroid dienone is 17. The number of hydrogen-bond acceptors (Lipinski definition) is 5. The zero-order chi connectivity index (χ0) is 45.9. The molecular weight excluding hydrogens is 779 g/mol. The molecular formula is C57H95NO5. The maximum absolute atomic E-state index is 13.2. The number of carbonyl (C=O) groups is 2. The predicted octanol–water partition coefficient (Wildman–Crippen LogP) is 15.5. The summed E-state index contributed by atoms with van der Waals surface area (Å²) in [7, 11) is 0. The lowest BCUT2D eigenvalue weighted by Gasteiger charge is -2.24. The summed E-state index contributed by atoms with van der Waals surface area (Å²) in [6.45, 7) is 6.28. The molecule has 3 N–H and O–H groups in total. The topological polar surface area (TPSA) is 95.9 Å². The van der Waals surface area contributed by atoms with Crippen molar-refractivity contribution in [3.05, 3.63) is 109 Å². The maximum Gasteiger partial charge on any atom is 0.306 e. The smallest absolute Gasteiger partial charge is 0.306 e. The third-order valence-corrected chi connectivity index (χ3v) is 10.8. The van der Waals surface area contributed by atoms with Crippen LogP contribution in [0.1, 0.15) is 213 Å². The van der Waals surface area contributed by atoms with Gasteiger partial charge in [0.2, 0.25) is 5.91 Å². The first-order valence-electron chi connectivity index (χ1n) is 25.6. The SMILES string of the molecule is CC/C=C\C/C=C\C/C=C\C/C=C\C/C=C\CC(CC(=O)NC(CO)C(O)CCCCCCCCCCCCCC)OC(=O)CCC/C=C\C/C=C\C/C=C\C/C=C\CCCCC. The maximum atomic E-state index is 13.2. The molecule has 0 aromatic rings. The number of esters is 1. The fourth-order valence-corrected chi connectivity index (χ4v) is 6.97. The lowest BCUT2D eigenvalue weighted by molar-refractivity contribution is -0.150. The second-order valence-corrected chi connectivity index (χ2v) is 16.8. The van der Waals surface area contributed by atoms with E-state index < -0.39 is 18.2 Å². The van der Waals surface area contributed by atoms with Crippen LogP contribution in [-0.4, -0.2) is 46.9 Å². The fourth-order valence-electron chi connectivity index (χ4n) is 6.97. The second kappa shape index (κ2) is 49.5. The summed E-state index contributed by atoms with van der Waals surface area (Å²) in [5.41, 5.74) is 0. The number of aliphatic hydroxyl groups excluding tert-OH is 2. The zero-order valence-electron chi connectivity index (χ0n) is 40.7. The average molecular weight is 874 g/mol. The number of nitrogens with one attached hydrogen (secondary N) is 1. The highest BCUT2D eigenvalue weighted by Gasteiger charge is 2.23. The lowest BCUT2D eigenvalue weighted by atomic mass is 10.0. The minimum absolute atomic E-state index is 0.0287. The van der Waals surface area contributed by atoms with Crippen LogP contribution in [-0.2, 0) is 14.3 Å². The van der Waals surface area contributed by atoms with E-state index in [0.29, 0.717) is 19.3 Å². The van der Waals surface area contributed by atoms with Crippen molar-refractivity contribution in [1.82, 2.24) is 5.32 Å². The molecule has 0 radical (unpaired) electrons. The van der Waals surface area contributed by atoms with Gasteiger partial charge >= 0.3 is 5.97 Å². The van der Waals surface area contributed by atoms with Crippen molar-refractivity contribution in [3.8, 4) is 0 Å². The van der Waals surface area contributed by atoms with Gasteiger partial charge < -0.3 is 20.3 Å². The molecule has 3 unspecified atom stereocenters. The van der Waals surface area contributed by atoms with Crippen LogP contribution < -0.4 is 5.32 Å². The van der Waals surface area contributed by atoms with Crippen LogP contribution in [0.25, 0.3) is 0 Å². The summed E-state index contributed by atoms with van der Waals surface area (Å²) in [6, 6.07) is -0.749. The highest BCUT2D eigenvalue weighted by Crippen LogP contribution is 2.15. The number of hydrogen-bond donors (Lipinski definition) is 3. The summed E-state index contributed by atoms with van der Waals surface area (Å²) in [4.78, 5) is 26.1. The number of aliphatic hydroxyl groups is 2. The molecule has 0 aliphatic heterocycles. The van der Waals surface area contributed by atoms with E-state index in [1.54, 1.807) is 0 Å². The number of rotatable bonds is 44. The molecule has 0 bridgehead atoms. The fraction of sp³-hybridized carbons (Fsp3) is 0.649. The average Bonchev–Trinajstić information content (AvgIpc) is 3.28. The molecule has 0 aromatic carbocycles. The van der Waals surface area contributed by atoms with E-state index in [1.807, 2.05) is 12.2 Å². The minimum atomic E-state index is -0.827. The molecule has 0 aromatic heterocycles. The quantitative estimate of drug-likeness (QED) is 0.0322. The zero-order valence-corrected chi connectivity index (χ0v) is 40.7. The van der Waals surface area contributed by atoms with Crippen LogP contribution in [0.15, 0.2) is 109 Å². The molecule has 0 saturated heterocycles. The number of ether oxygens (including phenoxy) is 1. The normalized spacial score (nSPS) is 14.2. The molecule has 1 amide bonds. The Bertz CT molecular complexity index is 1300. The summed E-state index contributed by atoms with van der Waals surface area (Å²) >= 11 is 0. The van der Waals surface area contributed by atoms with E-state index in [9.17, 15) is 19.8 Å². The standard InChI is InChI=1S/C57H95NO5/c1-4-7-10-13-16-19-22-25-27-28-30-32-35-38-41-44-47-50-57(62)63-53(48-45-42-39-36-33-31-29-26-23-20-17-14-11-8-5-2)51-56(61)58-54(52-59)55(60)49-46-43-40-37-34-24-21-18-15-12-9-6-3/h8,11,16-17,19-20,25-27,29-30,32-33,36,38,41-42,45,53-55,59-60H,4-7,9-10,12-15,18,21-24,28,31,34-35,37,39-40,43-44,46-52H2,1-3H3,(H,58,61)/b11-8-,19-16-,20-17-,27-25-,29-26-,32-30-,36-33-,41-38-,45-42-. The van der Waals surface area contributed by atoms with Crippen LogP contribution in [0.5, 0.6) is 0 Å². The second-order valence-electron chi connectivity index (χ2n) is 16.8. The Balaban J connectivity index is 4.84. The van der Waals surface area contributed by atoms with Gasteiger partial charge in [0.15, 0.2) is 0 Å². The first-order chi connectivity index (χ1) is 31.0. The van der Waals surface area contributed by atoms with Gasteiger partial charge in [-0.3, -0.25) is 9.59 Å². The van der Waals surface area contributed by atoms with Crippen molar-refractivity contribution in [3.63, 3.8) is 0 Å². The van der Waals surface area contributed by atoms with E-state index in [2.05, 4.69) is 123 Å². The van der Waals surface area contributed by atoms with E-state index >= 15 is 0 Å². The van der Waals surface area contributed by atoms with Crippen LogP contribution in [0.3, 0.4) is 0 Å². The Kier molecular flexibility index (Phi) is 46.8. The van der Waals surface area contributed by atoms with Gasteiger partial charge in [-0.25, -0.2) is 0 Å². The Morgan fingerprint density at radius 2 is 0.889 bits per heavy atom. The van der Waals surface area contributed by atoms with Crippen molar-refractivity contribution in [2.24, 2.45) is 0 Å². The van der Waals surface area contributed by atoms with Crippen LogP contribution in [0.4, 0.5) is 0 Å². The Morgan fingerprint density at radius 3 is 1.35 bits per heavy atom. The van der Waals surface area contributed by atoms with Gasteiger partial charge in [0.05, 0.1) is 25.2 Å². The number of amides is 1. The van der Waals surface area contributed by atoms with Crippen molar-refractivity contribution in [2.45, 2.75) is 232 Å². The van der Waals surface area contributed by atoms with Gasteiger partial charge in [0.25, 0.3) is 0 Å². The summed E-state index contributed by atoms with van der Waals surface area (Å²) in [6.07, 6.45) is 67.4. The lowest BCUT2D eigenvalue weighted by Crippen LogP contribution is -2.46. The van der Waals surface area contributed by atoms with Crippen LogP contribution in [0.2, 0.25) is 0 Å². The molecule has 0 fully saturated rings. The molecule has 63 heavy (non-hydrogen) atoms. The summed E-state index contributed by atoms with van der Waals surface area (Å²) in [5, 5.41) is 23.7. The highest BCUT2D eigenvalue weighted by molar-refractivity contribution is 5.77. The van der Waals surface area contributed by atoms with E-state index in [-0.39, 0.29) is 31.3 Å². The molecule has 6 nitrogen and oxygen atoms in total. The first kappa shape index (κ1) is 59.5. The van der Waals surface area contributed by atoms with Gasteiger partial charge in [-0.05, 0) is 83.5 Å². The van der Waals surface area contributed by atoms with Crippen LogP contribution >= 0.6 is 0 Å². The van der Waals surface area contributed by atoms with Gasteiger partial charge in [-0.15, -0.1) is 0 Å². The highest BCUT2D eigenvalue weighted by atomic mass is 16.5. The Morgan fingerprint density at radius 1 is 0.492 bits per heavy atom. The van der Waals surface area contributed by atoms with Crippen molar-refractivity contribution in [1.29, 1.82) is 0 Å². The molecule has 3 atom stereocenters. The monoisotopic (exact) mass is 874 g/mol. The molecule has 358 valence electrons. The van der Waals surface area contributed by atoms with Gasteiger partial charge in [0.1, 0.15) is 6.10 Å². The van der Waals surface area contributed by atoms with E-state index in [4.69, 9.17) is 4.74 Å². The van der Waals surface area contributed by atoms with Crippen molar-refractivity contribution < 1.29 is 24.5 Å². The molecule has 0 heterocycles. The summed E-state index contributed by atoms with van der Waals surface area (Å²) in [5.74, 6) is -0.657. The van der Waals surface area contributed by atoms with Gasteiger partial charge in [0, 0.05) is 12.8 Å². The first-order valence-corrected chi connectivity index (χ1v) is 25.6. The van der Waals surface area contributed by atoms with Crippen molar-refractivity contribution in [2.75, 3.05) is 6.61 Å². The van der Waals surface area contributed by atoms with Crippen molar-refractivity contribution >= 4 is 11.9 Å².